The molecule has 0 saturated carbocycles. The Hall–Kier alpha value is -1.87. The Morgan fingerprint density at radius 1 is 1.39 bits per heavy atom. The minimum Gasteiger partial charge on any atom is -0.481 e. The first-order chi connectivity index (χ1) is 8.35. The minimum absolute atomic E-state index is 0.215. The zero-order valence-electron chi connectivity index (χ0n) is 9.83. The van der Waals surface area contributed by atoms with E-state index in [-0.39, 0.29) is 5.75 Å². The van der Waals surface area contributed by atoms with E-state index in [4.69, 9.17) is 10.4 Å². The lowest BCUT2D eigenvalue weighted by molar-refractivity contribution is -0.136. The highest BCUT2D eigenvalue weighted by molar-refractivity contribution is 7.91. The Labute approximate surface area is 106 Å². The van der Waals surface area contributed by atoms with E-state index in [1.165, 1.54) is 19.1 Å². The van der Waals surface area contributed by atoms with E-state index in [2.05, 4.69) is 0 Å². The van der Waals surface area contributed by atoms with Gasteiger partial charge in [0.15, 0.2) is 9.84 Å². The normalized spacial score (nSPS) is 12.7. The topological polar surface area (TPSA) is 95.2 Å². The second-order valence-corrected chi connectivity index (χ2v) is 6.44. The number of carboxylic acid groups (broad SMARTS) is 1. The van der Waals surface area contributed by atoms with Crippen LogP contribution in [0, 0.1) is 11.3 Å². The van der Waals surface area contributed by atoms with Crippen LogP contribution >= 0.6 is 0 Å². The maximum absolute atomic E-state index is 11.9. The maximum atomic E-state index is 11.9. The third-order valence-corrected chi connectivity index (χ3v) is 4.65. The molecule has 0 fully saturated rings. The number of hydrogen-bond donors (Lipinski definition) is 1. The quantitative estimate of drug-likeness (QED) is 0.868. The van der Waals surface area contributed by atoms with Crippen LogP contribution in [0.3, 0.4) is 0 Å². The first kappa shape index (κ1) is 14.2. The van der Waals surface area contributed by atoms with Gasteiger partial charge in [0.25, 0.3) is 0 Å². The van der Waals surface area contributed by atoms with Gasteiger partial charge in [0, 0.05) is 0 Å². The van der Waals surface area contributed by atoms with Crippen LogP contribution in [0.2, 0.25) is 0 Å². The van der Waals surface area contributed by atoms with Gasteiger partial charge < -0.3 is 5.11 Å². The van der Waals surface area contributed by atoms with Crippen molar-refractivity contribution in [3.8, 4) is 6.07 Å². The number of nitriles is 1. The highest BCUT2D eigenvalue weighted by Crippen LogP contribution is 2.14. The molecule has 1 unspecified atom stereocenters. The molecule has 0 aromatic heterocycles. The Kier molecular flexibility index (Phi) is 4.45. The van der Waals surface area contributed by atoms with Crippen molar-refractivity contribution in [1.82, 2.24) is 0 Å². The molecule has 0 amide bonds. The van der Waals surface area contributed by atoms with Crippen molar-refractivity contribution in [2.75, 3.05) is 0 Å². The van der Waals surface area contributed by atoms with Crippen molar-refractivity contribution in [1.29, 1.82) is 5.26 Å². The summed E-state index contributed by atoms with van der Waals surface area (Å²) in [5.74, 6) is -1.35. The van der Waals surface area contributed by atoms with E-state index in [0.29, 0.717) is 11.1 Å². The lowest BCUT2D eigenvalue weighted by atomic mass is 10.2. The summed E-state index contributed by atoms with van der Waals surface area (Å²) in [5, 5.41) is 16.3. The third kappa shape index (κ3) is 3.86. The number of hydrogen-bond acceptors (Lipinski definition) is 4. The molecule has 0 aliphatic carbocycles. The van der Waals surface area contributed by atoms with Gasteiger partial charge in [0.05, 0.1) is 29.1 Å². The molecule has 1 atom stereocenters. The molecule has 6 heteroatoms. The van der Waals surface area contributed by atoms with Gasteiger partial charge >= 0.3 is 5.97 Å². The van der Waals surface area contributed by atoms with Crippen molar-refractivity contribution < 1.29 is 18.3 Å². The summed E-state index contributed by atoms with van der Waals surface area (Å²) in [7, 11) is -3.49. The first-order valence-corrected chi connectivity index (χ1v) is 6.99. The predicted octanol–water partition coefficient (Wildman–Crippen LogP) is 1.34. The van der Waals surface area contributed by atoms with Crippen LogP contribution in [0.4, 0.5) is 0 Å². The molecule has 1 rings (SSSR count). The van der Waals surface area contributed by atoms with E-state index >= 15 is 0 Å². The number of benzene rings is 1. The van der Waals surface area contributed by atoms with Gasteiger partial charge in [-0.3, -0.25) is 4.79 Å². The Morgan fingerprint density at radius 3 is 2.39 bits per heavy atom. The molecule has 1 aromatic carbocycles. The van der Waals surface area contributed by atoms with Crippen LogP contribution in [-0.2, 0) is 20.4 Å². The minimum atomic E-state index is -3.49. The summed E-state index contributed by atoms with van der Waals surface area (Å²) in [4.78, 5) is 10.5. The lowest BCUT2D eigenvalue weighted by Crippen LogP contribution is -2.22. The maximum Gasteiger partial charge on any atom is 0.304 e. The smallest absolute Gasteiger partial charge is 0.304 e. The van der Waals surface area contributed by atoms with Gasteiger partial charge in [-0.05, 0) is 24.6 Å². The van der Waals surface area contributed by atoms with Crippen LogP contribution in [0.1, 0.15) is 24.5 Å². The SMILES string of the molecule is CC(CC(=O)O)S(=O)(=O)Cc1ccc(C#N)cc1. The van der Waals surface area contributed by atoms with Gasteiger partial charge in [0.1, 0.15) is 0 Å². The van der Waals surface area contributed by atoms with Crippen molar-refractivity contribution in [2.24, 2.45) is 0 Å². The van der Waals surface area contributed by atoms with Crippen molar-refractivity contribution in [3.05, 3.63) is 35.4 Å². The fourth-order valence-electron chi connectivity index (χ4n) is 1.42. The Morgan fingerprint density at radius 2 is 1.94 bits per heavy atom. The molecule has 96 valence electrons. The van der Waals surface area contributed by atoms with Crippen molar-refractivity contribution in [3.63, 3.8) is 0 Å². The molecule has 0 aliphatic rings. The second kappa shape index (κ2) is 5.65. The lowest BCUT2D eigenvalue weighted by Gasteiger charge is -2.10. The van der Waals surface area contributed by atoms with E-state index in [1.807, 2.05) is 6.07 Å². The van der Waals surface area contributed by atoms with Gasteiger partial charge in [-0.15, -0.1) is 0 Å². The molecule has 1 aromatic rings. The van der Waals surface area contributed by atoms with Crippen molar-refractivity contribution in [2.45, 2.75) is 24.3 Å². The molecule has 1 N–H and O–H groups in total. The fourth-order valence-corrected chi connectivity index (χ4v) is 2.76. The summed E-state index contributed by atoms with van der Waals surface area (Å²) in [5.41, 5.74) is 1.00. The van der Waals surface area contributed by atoms with Crippen molar-refractivity contribution >= 4 is 15.8 Å². The third-order valence-electron chi connectivity index (χ3n) is 2.53. The molecule has 0 spiro atoms. The molecule has 0 bridgehead atoms. The van der Waals surface area contributed by atoms with Crippen LogP contribution < -0.4 is 0 Å². The van der Waals surface area contributed by atoms with Gasteiger partial charge in [0.2, 0.25) is 0 Å². The molecule has 5 nitrogen and oxygen atoms in total. The Bertz CT molecular complexity index is 569. The standard InChI is InChI=1S/C12H13NO4S/c1-9(6-12(14)15)18(16,17)8-11-4-2-10(7-13)3-5-11/h2-5,9H,6,8H2,1H3,(H,14,15). The molecule has 18 heavy (non-hydrogen) atoms. The Balaban J connectivity index is 2.82. The monoisotopic (exact) mass is 267 g/mol. The summed E-state index contributed by atoms with van der Waals surface area (Å²) >= 11 is 0. The number of rotatable bonds is 5. The molecular weight excluding hydrogens is 254 g/mol. The molecule has 0 heterocycles. The second-order valence-electron chi connectivity index (χ2n) is 4.02. The number of carboxylic acids is 1. The average Bonchev–Trinajstić information content (AvgIpc) is 2.28. The van der Waals surface area contributed by atoms with E-state index in [0.717, 1.165) is 0 Å². The predicted molar refractivity (Wildman–Crippen MR) is 65.5 cm³/mol. The highest BCUT2D eigenvalue weighted by Gasteiger charge is 2.23. The number of carbonyl (C=O) groups is 1. The fraction of sp³-hybridized carbons (Fsp3) is 0.333. The van der Waals surface area contributed by atoms with E-state index in [9.17, 15) is 13.2 Å². The van der Waals surface area contributed by atoms with E-state index < -0.39 is 27.5 Å². The number of aliphatic carboxylic acids is 1. The summed E-state index contributed by atoms with van der Waals surface area (Å²) in [6.07, 6.45) is -0.404. The molecule has 0 aliphatic heterocycles. The first-order valence-electron chi connectivity index (χ1n) is 5.27. The average molecular weight is 267 g/mol. The molecular formula is C12H13NO4S. The van der Waals surface area contributed by atoms with Crippen LogP contribution in [0.5, 0.6) is 0 Å². The summed E-state index contributed by atoms with van der Waals surface area (Å²) in [6, 6.07) is 8.13. The van der Waals surface area contributed by atoms with Gasteiger partial charge in [-0.2, -0.15) is 5.26 Å². The summed E-state index contributed by atoms with van der Waals surface area (Å²) < 4.78 is 23.7. The van der Waals surface area contributed by atoms with Crippen LogP contribution in [-0.4, -0.2) is 24.7 Å². The zero-order chi connectivity index (χ0) is 13.8. The number of nitrogens with zero attached hydrogens (tertiary/aromatic N) is 1. The zero-order valence-corrected chi connectivity index (χ0v) is 10.6. The summed E-state index contributed by atoms with van der Waals surface area (Å²) in [6.45, 7) is 1.38. The van der Waals surface area contributed by atoms with E-state index in [1.54, 1.807) is 12.1 Å². The molecule has 0 radical (unpaired) electrons. The van der Waals surface area contributed by atoms with Gasteiger partial charge in [-0.1, -0.05) is 12.1 Å². The highest BCUT2D eigenvalue weighted by atomic mass is 32.2. The largest absolute Gasteiger partial charge is 0.481 e. The van der Waals surface area contributed by atoms with Gasteiger partial charge in [-0.25, -0.2) is 8.42 Å². The van der Waals surface area contributed by atoms with Crippen LogP contribution in [0.25, 0.3) is 0 Å². The number of sulfone groups is 1. The molecule has 0 saturated heterocycles. The van der Waals surface area contributed by atoms with Crippen LogP contribution in [0.15, 0.2) is 24.3 Å².